The number of methoxy groups -OCH3 is 2. The van der Waals surface area contributed by atoms with Crippen LogP contribution in [0.15, 0.2) is 140 Å². The summed E-state index contributed by atoms with van der Waals surface area (Å²) in [6.07, 6.45) is 3.88. The molecule has 8 rings (SSSR count). The second-order valence-corrected chi connectivity index (χ2v) is 24.2. The van der Waals surface area contributed by atoms with Gasteiger partial charge >= 0.3 is 0 Å². The van der Waals surface area contributed by atoms with Crippen molar-refractivity contribution in [2.45, 2.75) is 69.8 Å². The molecule has 5 atom stereocenters. The van der Waals surface area contributed by atoms with Crippen molar-refractivity contribution >= 4 is 110 Å². The summed E-state index contributed by atoms with van der Waals surface area (Å²) in [7, 11) is 2.85. The maximum Gasteiger partial charge on any atom is 0.253 e. The number of nitrogens with two attached hydrogens (primary N) is 2. The molecule has 12 amide bonds. The van der Waals surface area contributed by atoms with E-state index in [4.69, 9.17) is 26.4 Å². The molecule has 0 bridgehead atoms. The molecule has 35 heteroatoms. The monoisotopic (exact) mass is 1470 g/mol. The third kappa shape index (κ3) is 22.7. The van der Waals surface area contributed by atoms with Crippen molar-refractivity contribution in [2.24, 2.45) is 11.5 Å². The summed E-state index contributed by atoms with van der Waals surface area (Å²) in [5, 5.41) is 61.0. The maximum atomic E-state index is 14.0. The van der Waals surface area contributed by atoms with E-state index in [1.165, 1.54) is 89.3 Å². The van der Waals surface area contributed by atoms with Crippen LogP contribution < -0.4 is 84.7 Å². The first-order valence-electron chi connectivity index (χ1n) is 33.4. The molecule has 35 nitrogen and oxygen atoms in total. The second kappa shape index (κ2) is 38.5. The number of pyridine rings is 4. The Kier molecular flexibility index (Phi) is 28.4. The molecule has 0 aliphatic rings. The number of aliphatic hydroxyl groups excluding tert-OH is 1. The van der Waals surface area contributed by atoms with Crippen LogP contribution in [0.2, 0.25) is 0 Å². The number of nitrogens with zero attached hydrogens (tertiary/aromatic N) is 5. The first-order chi connectivity index (χ1) is 51.8. The molecular weight excluding hydrogens is 1400 g/mol. The Hall–Kier alpha value is -14.0. The molecule has 0 unspecified atom stereocenters. The van der Waals surface area contributed by atoms with Gasteiger partial charge in [-0.15, -0.1) is 0 Å². The molecule has 0 spiro atoms. The minimum absolute atomic E-state index is 0.00583. The number of hydrogen-bond acceptors (Lipinski definition) is 21. The fraction of sp³-hybridized carbons (Fsp3) is 0.260. The number of carbonyl (C=O) groups is 12. The lowest BCUT2D eigenvalue weighted by molar-refractivity contribution is -0.134. The quantitative estimate of drug-likeness (QED) is 0.0105. The molecule has 0 aliphatic heterocycles. The highest BCUT2D eigenvalue weighted by Crippen LogP contribution is 2.34. The molecule has 108 heavy (non-hydrogen) atoms. The van der Waals surface area contributed by atoms with Gasteiger partial charge in [0.25, 0.3) is 11.8 Å². The van der Waals surface area contributed by atoms with Crippen molar-refractivity contribution in [3.05, 3.63) is 168 Å². The molecule has 4 aromatic heterocycles. The van der Waals surface area contributed by atoms with Gasteiger partial charge in [0.15, 0.2) is 17.5 Å². The number of nitrogens with one attached hydrogen (secondary N) is 13. The van der Waals surface area contributed by atoms with Crippen LogP contribution in [0.5, 0.6) is 11.5 Å². The third-order valence-corrected chi connectivity index (χ3v) is 16.3. The third-order valence-electron chi connectivity index (χ3n) is 16.3. The Labute approximate surface area is 616 Å². The Morgan fingerprint density at radius 3 is 1.45 bits per heavy atom. The van der Waals surface area contributed by atoms with Crippen LogP contribution in [-0.4, -0.2) is 186 Å². The van der Waals surface area contributed by atoms with E-state index in [1.54, 1.807) is 30.3 Å². The average Bonchev–Trinajstić information content (AvgIpc) is 0.753. The Morgan fingerprint density at radius 1 is 0.509 bits per heavy atom. The van der Waals surface area contributed by atoms with E-state index in [0.29, 0.717) is 61.9 Å². The molecule has 4 aromatic carbocycles. The number of carbonyl (C=O) groups excluding carboxylic acids is 12. The molecule has 0 saturated heterocycles. The zero-order valence-electron chi connectivity index (χ0n) is 58.8. The van der Waals surface area contributed by atoms with Gasteiger partial charge in [-0.2, -0.15) is 5.26 Å². The van der Waals surface area contributed by atoms with E-state index in [2.05, 4.69) is 89.8 Å². The van der Waals surface area contributed by atoms with Gasteiger partial charge in [0, 0.05) is 49.5 Å². The predicted octanol–water partition coefficient (Wildman–Crippen LogP) is -0.245. The number of aromatic nitrogens is 4. The summed E-state index contributed by atoms with van der Waals surface area (Å²) in [5.74, 6) is -8.28. The van der Waals surface area contributed by atoms with E-state index in [0.717, 1.165) is 16.3 Å². The first kappa shape index (κ1) is 79.7. The summed E-state index contributed by atoms with van der Waals surface area (Å²) in [6.45, 7) is 0.127. The van der Waals surface area contributed by atoms with E-state index >= 15 is 0 Å². The van der Waals surface area contributed by atoms with Crippen LogP contribution in [-0.2, 0) is 60.8 Å². The lowest BCUT2D eigenvalue weighted by atomic mass is 9.89. The van der Waals surface area contributed by atoms with Crippen molar-refractivity contribution in [2.75, 3.05) is 64.1 Å². The van der Waals surface area contributed by atoms with Crippen LogP contribution in [0.1, 0.15) is 64.1 Å². The molecule has 0 aliphatic carbocycles. The SMILES string of the molecule is COc1ccc(C[C@H](NC(=O)c2ccc(-c3ccc(NC(=O)CNC(=O)CNC(=O)CNC(=O)CNC(=O)c4ccc(-c5ccc(NC(=O)CNC(=O)[C@H](Cc6c7ccccc7c(C#N)c7ccccc67)NC(C)=O)cn5)nc4)cn3)nc2)C(=O)N[C@H](C(=O)N[C@@H](CCCNC(=N)N)C(N)=O)[C@@H](C)O)cc1OC. The molecule has 560 valence electrons. The standard InChI is InChI=1S/C73H78N20O15/c1-39(94)66(72(106)91-56(67(75)101)14-9-25-78-73(76)77)93-71(105)57(26-41-15-24-59(107-3)60(27-41)108-4)92-69(103)43-17-21-53(80-31-43)55-22-18-44(32-81-55)89-64(99)37-85-62(97)35-83-61(96)34-84-63(98)36-86-68(102)42-16-20-52(79-30-42)54-23-19-45(33-82-54)90-65(100)38-87-70(104)58(88-40(2)95)28-50-46-10-5-7-12-48(46)51(29-74)49-13-8-6-11-47(49)50/h5-8,10-13,15-24,27,30-33,39,56-58,66,94H,9,14,25-26,28,34-38H2,1-4H3,(H2,75,101)(H,83,96)(H,84,98)(H,85,97)(H,86,102)(H,87,104)(H,88,95)(H,89,99)(H,90,100)(H,91,106)(H,92,103)(H,93,105)(H4,76,77,78)/t39-,56+,57+,58+,66+/m1/s1. The van der Waals surface area contributed by atoms with E-state index in [9.17, 15) is 67.9 Å². The van der Waals surface area contributed by atoms with Gasteiger partial charge in [0.2, 0.25) is 59.1 Å². The van der Waals surface area contributed by atoms with Crippen molar-refractivity contribution in [1.82, 2.24) is 73.1 Å². The zero-order chi connectivity index (χ0) is 78.0. The Balaban J connectivity index is 0.726. The van der Waals surface area contributed by atoms with E-state index in [-0.39, 0.29) is 55.0 Å². The normalized spacial score (nSPS) is 12.1. The Morgan fingerprint density at radius 2 is 0.991 bits per heavy atom. The Bertz CT molecular complexity index is 4670. The number of ether oxygens (including phenoxy) is 2. The summed E-state index contributed by atoms with van der Waals surface area (Å²) in [6, 6.07) is 28.5. The fourth-order valence-electron chi connectivity index (χ4n) is 10.9. The largest absolute Gasteiger partial charge is 0.493 e. The fourth-order valence-corrected chi connectivity index (χ4v) is 10.9. The number of benzene rings is 4. The van der Waals surface area contributed by atoms with Crippen LogP contribution in [0, 0.1) is 16.7 Å². The highest BCUT2D eigenvalue weighted by Gasteiger charge is 2.33. The number of amides is 12. The lowest BCUT2D eigenvalue weighted by Gasteiger charge is -2.26. The highest BCUT2D eigenvalue weighted by atomic mass is 16.5. The average molecular weight is 1480 g/mol. The molecule has 0 saturated carbocycles. The minimum Gasteiger partial charge on any atom is -0.493 e. The van der Waals surface area contributed by atoms with Gasteiger partial charge in [-0.25, -0.2) is 0 Å². The summed E-state index contributed by atoms with van der Waals surface area (Å²) in [5.41, 5.74) is 14.5. The van der Waals surface area contributed by atoms with Crippen LogP contribution in [0.25, 0.3) is 44.3 Å². The number of primary amides is 1. The molecular formula is C73H78N20O15. The van der Waals surface area contributed by atoms with Gasteiger partial charge in [-0.05, 0) is 102 Å². The number of aliphatic hydroxyl groups is 1. The summed E-state index contributed by atoms with van der Waals surface area (Å²) < 4.78 is 10.8. The van der Waals surface area contributed by atoms with Gasteiger partial charge in [0.1, 0.15) is 30.2 Å². The molecule has 18 N–H and O–H groups in total. The maximum absolute atomic E-state index is 14.0. The van der Waals surface area contributed by atoms with Crippen molar-refractivity contribution in [3.8, 4) is 40.3 Å². The number of nitriles is 1. The lowest BCUT2D eigenvalue weighted by Crippen LogP contribution is -2.59. The van der Waals surface area contributed by atoms with Crippen molar-refractivity contribution in [3.63, 3.8) is 0 Å². The number of rotatable bonds is 35. The summed E-state index contributed by atoms with van der Waals surface area (Å²) >= 11 is 0. The highest BCUT2D eigenvalue weighted by molar-refractivity contribution is 6.08. The number of fused-ring (bicyclic) bond motifs is 2. The zero-order valence-corrected chi connectivity index (χ0v) is 58.8. The first-order valence-corrected chi connectivity index (χ1v) is 33.4. The topological polar surface area (TPSA) is 539 Å². The number of anilines is 2. The molecule has 0 fully saturated rings. The second-order valence-electron chi connectivity index (χ2n) is 24.2. The van der Waals surface area contributed by atoms with E-state index < -0.39 is 134 Å². The van der Waals surface area contributed by atoms with Crippen molar-refractivity contribution < 1.29 is 72.1 Å². The molecule has 4 heterocycles. The summed E-state index contributed by atoms with van der Waals surface area (Å²) in [4.78, 5) is 173. The minimum atomic E-state index is -1.62. The molecule has 0 radical (unpaired) electrons. The predicted molar refractivity (Wildman–Crippen MR) is 392 cm³/mol. The van der Waals surface area contributed by atoms with Crippen LogP contribution in [0.3, 0.4) is 0 Å². The van der Waals surface area contributed by atoms with Crippen molar-refractivity contribution in [1.29, 1.82) is 10.7 Å². The van der Waals surface area contributed by atoms with Gasteiger partial charge in [0.05, 0.1) is 116 Å². The molecule has 8 aromatic rings. The smallest absolute Gasteiger partial charge is 0.253 e. The number of hydrogen-bond donors (Lipinski definition) is 16. The van der Waals surface area contributed by atoms with E-state index in [1.807, 2.05) is 48.5 Å². The van der Waals surface area contributed by atoms with Gasteiger partial charge in [-0.1, -0.05) is 54.6 Å². The van der Waals surface area contributed by atoms with Gasteiger partial charge in [-0.3, -0.25) is 82.9 Å². The van der Waals surface area contributed by atoms with Crippen LogP contribution in [0.4, 0.5) is 11.4 Å². The van der Waals surface area contributed by atoms with Crippen LogP contribution >= 0.6 is 0 Å². The number of guanidine groups is 1. The van der Waals surface area contributed by atoms with Gasteiger partial charge < -0.3 is 89.8 Å².